The number of halogens is 1. The number of aryl methyl sites for hydroxylation is 1. The minimum atomic E-state index is -3.82. The van der Waals surface area contributed by atoms with E-state index >= 15 is 0 Å². The van der Waals surface area contributed by atoms with Gasteiger partial charge in [-0.3, -0.25) is 9.67 Å². The molecule has 3 N–H and O–H groups in total. The Morgan fingerprint density at radius 2 is 2.07 bits per heavy atom. The molecule has 1 saturated carbocycles. The molecule has 2 heterocycles. The van der Waals surface area contributed by atoms with E-state index in [1.807, 2.05) is 0 Å². The second-order valence-corrected chi connectivity index (χ2v) is 10.5. The second kappa shape index (κ2) is 6.58. The molecule has 1 fully saturated rings. The summed E-state index contributed by atoms with van der Waals surface area (Å²) in [5.74, 6) is -0.839. The monoisotopic (exact) mass is 432 g/mol. The van der Waals surface area contributed by atoms with E-state index in [1.165, 1.54) is 4.68 Å². The van der Waals surface area contributed by atoms with Crippen molar-refractivity contribution in [3.8, 4) is 0 Å². The summed E-state index contributed by atoms with van der Waals surface area (Å²) in [5, 5.41) is 12.0. The highest BCUT2D eigenvalue weighted by Crippen LogP contribution is 2.58. The Bertz CT molecular complexity index is 1190. The Kier molecular flexibility index (Phi) is 4.31. The number of pyridine rings is 1. The highest BCUT2D eigenvalue weighted by molar-refractivity contribution is 7.91. The van der Waals surface area contributed by atoms with E-state index in [4.69, 9.17) is 10.1 Å². The number of amides is 2. The minimum absolute atomic E-state index is 0.144. The van der Waals surface area contributed by atoms with Crippen LogP contribution in [0.1, 0.15) is 68.1 Å². The third-order valence-corrected chi connectivity index (χ3v) is 7.71. The lowest BCUT2D eigenvalue weighted by molar-refractivity contribution is 0.260. The van der Waals surface area contributed by atoms with Crippen LogP contribution in [0.15, 0.2) is 15.6 Å². The van der Waals surface area contributed by atoms with Crippen molar-refractivity contribution in [1.82, 2.24) is 14.8 Å². The summed E-state index contributed by atoms with van der Waals surface area (Å²) in [6.45, 7) is 3.60. The maximum atomic E-state index is 14.3. The van der Waals surface area contributed by atoms with Crippen LogP contribution in [0, 0.1) is 5.82 Å². The molecule has 3 aliphatic carbocycles. The normalized spacial score (nSPS) is 20.2. The van der Waals surface area contributed by atoms with Gasteiger partial charge in [0.05, 0.1) is 17.6 Å². The van der Waals surface area contributed by atoms with Crippen LogP contribution < -0.4 is 10.5 Å². The predicted octanol–water partition coefficient (Wildman–Crippen LogP) is 3.40. The first-order valence-electron chi connectivity index (χ1n) is 10.4. The molecule has 0 bridgehead atoms. The van der Waals surface area contributed by atoms with Crippen LogP contribution in [0.3, 0.4) is 0 Å². The van der Waals surface area contributed by atoms with Gasteiger partial charge in [0, 0.05) is 17.2 Å². The third kappa shape index (κ3) is 3.04. The summed E-state index contributed by atoms with van der Waals surface area (Å²) in [4.78, 5) is 17.7. The maximum absolute atomic E-state index is 14.3. The van der Waals surface area contributed by atoms with E-state index in [0.717, 1.165) is 79.3 Å². The Hall–Kier alpha value is -2.33. The van der Waals surface area contributed by atoms with Crippen LogP contribution in [-0.2, 0) is 34.6 Å². The number of urea groups is 1. The fraction of sp³-hybridized carbons (Fsp3) is 0.550. The molecule has 10 heteroatoms. The van der Waals surface area contributed by atoms with Crippen LogP contribution in [0.5, 0.6) is 0 Å². The van der Waals surface area contributed by atoms with Crippen molar-refractivity contribution in [2.24, 2.45) is 9.50 Å². The van der Waals surface area contributed by atoms with Gasteiger partial charge < -0.3 is 5.32 Å². The summed E-state index contributed by atoms with van der Waals surface area (Å²) < 4.78 is 32.0. The molecule has 2 aromatic rings. The Balaban J connectivity index is 1.50. The molecule has 1 spiro atoms. The SMILES string of the molecule is CC(C)n1cc(F)c(S(N)(=O)=NC(=O)Nc2c3c(nc4c2CCC42CC2)CCC3)n1. The van der Waals surface area contributed by atoms with Crippen LogP contribution >= 0.6 is 0 Å². The van der Waals surface area contributed by atoms with Crippen molar-refractivity contribution in [3.05, 3.63) is 34.5 Å². The number of anilines is 1. The Labute approximate surface area is 174 Å². The van der Waals surface area contributed by atoms with E-state index in [0.29, 0.717) is 0 Å². The Morgan fingerprint density at radius 3 is 2.73 bits per heavy atom. The van der Waals surface area contributed by atoms with Gasteiger partial charge in [-0.15, -0.1) is 4.36 Å². The van der Waals surface area contributed by atoms with Crippen molar-refractivity contribution < 1.29 is 13.4 Å². The van der Waals surface area contributed by atoms with Gasteiger partial charge in [-0.05, 0) is 69.9 Å². The van der Waals surface area contributed by atoms with Crippen LogP contribution in [-0.4, -0.2) is 25.0 Å². The molecule has 160 valence electrons. The molecule has 0 aliphatic heterocycles. The van der Waals surface area contributed by atoms with E-state index < -0.39 is 26.8 Å². The number of aromatic nitrogens is 3. The molecular weight excluding hydrogens is 407 g/mol. The summed E-state index contributed by atoms with van der Waals surface area (Å²) in [6.07, 6.45) is 8.01. The summed E-state index contributed by atoms with van der Waals surface area (Å²) in [5.41, 5.74) is 5.16. The standard InChI is InChI=1S/C20H25FN6O2S/c1-11(2)27-10-14(21)18(25-27)30(22,29)26-19(28)24-16-12-4-3-5-15(12)23-17-13(16)6-7-20(17)8-9-20/h10-11H,3-9H2,1-2H3,(H3,22,23,24,26,28,29). The maximum Gasteiger partial charge on any atom is 0.354 e. The first-order chi connectivity index (χ1) is 14.2. The van der Waals surface area contributed by atoms with E-state index in [9.17, 15) is 13.4 Å². The lowest BCUT2D eigenvalue weighted by atomic mass is 10.0. The molecule has 8 nitrogen and oxygen atoms in total. The quantitative estimate of drug-likeness (QED) is 0.773. The fourth-order valence-corrected chi connectivity index (χ4v) is 5.61. The van der Waals surface area contributed by atoms with Gasteiger partial charge in [-0.25, -0.2) is 18.5 Å². The minimum Gasteiger partial charge on any atom is -0.305 e. The number of rotatable bonds is 3. The molecule has 5 rings (SSSR count). The zero-order valence-corrected chi connectivity index (χ0v) is 17.9. The lowest BCUT2D eigenvalue weighted by Crippen LogP contribution is -2.20. The zero-order valence-electron chi connectivity index (χ0n) is 17.1. The number of nitrogens with zero attached hydrogens (tertiary/aromatic N) is 4. The number of hydrogen-bond acceptors (Lipinski definition) is 4. The van der Waals surface area contributed by atoms with Crippen molar-refractivity contribution in [1.29, 1.82) is 0 Å². The average Bonchev–Trinajstić information content (AvgIpc) is 3.00. The number of carbonyl (C=O) groups is 1. The van der Waals surface area contributed by atoms with Gasteiger partial charge in [0.2, 0.25) is 5.03 Å². The van der Waals surface area contributed by atoms with Crippen LogP contribution in [0.2, 0.25) is 0 Å². The van der Waals surface area contributed by atoms with Crippen LogP contribution in [0.4, 0.5) is 14.9 Å². The largest absolute Gasteiger partial charge is 0.354 e. The summed E-state index contributed by atoms with van der Waals surface area (Å²) >= 11 is 0. The predicted molar refractivity (Wildman–Crippen MR) is 110 cm³/mol. The average molecular weight is 433 g/mol. The highest BCUT2D eigenvalue weighted by Gasteiger charge is 2.51. The highest BCUT2D eigenvalue weighted by atomic mass is 32.2. The zero-order chi connectivity index (χ0) is 21.3. The van der Waals surface area contributed by atoms with Crippen molar-refractivity contribution in [3.63, 3.8) is 0 Å². The molecule has 0 radical (unpaired) electrons. The Morgan fingerprint density at radius 1 is 1.30 bits per heavy atom. The summed E-state index contributed by atoms with van der Waals surface area (Å²) in [7, 11) is -3.82. The first-order valence-corrected chi connectivity index (χ1v) is 11.9. The van der Waals surface area contributed by atoms with Crippen molar-refractivity contribution >= 4 is 21.6 Å². The molecule has 30 heavy (non-hydrogen) atoms. The number of nitrogens with two attached hydrogens (primary N) is 1. The van der Waals surface area contributed by atoms with Gasteiger partial charge in [-0.1, -0.05) is 0 Å². The first kappa shape index (κ1) is 19.6. The van der Waals surface area contributed by atoms with Gasteiger partial charge in [0.25, 0.3) is 0 Å². The summed E-state index contributed by atoms with van der Waals surface area (Å²) in [6, 6.07) is -0.991. The molecule has 1 atom stereocenters. The topological polar surface area (TPSA) is 115 Å². The number of hydrogen-bond donors (Lipinski definition) is 2. The van der Waals surface area contributed by atoms with E-state index in [-0.39, 0.29) is 11.5 Å². The molecule has 0 saturated heterocycles. The molecule has 2 aromatic heterocycles. The number of nitrogens with one attached hydrogen (secondary N) is 1. The molecule has 2 amide bonds. The number of carbonyl (C=O) groups excluding carboxylic acids is 1. The molecule has 0 aromatic carbocycles. The smallest absolute Gasteiger partial charge is 0.305 e. The van der Waals surface area contributed by atoms with Gasteiger partial charge >= 0.3 is 6.03 Å². The van der Waals surface area contributed by atoms with Gasteiger partial charge in [0.1, 0.15) is 0 Å². The second-order valence-electron chi connectivity index (χ2n) is 8.82. The molecule has 1 unspecified atom stereocenters. The molecule has 3 aliphatic rings. The van der Waals surface area contributed by atoms with Crippen molar-refractivity contribution in [2.75, 3.05) is 5.32 Å². The fourth-order valence-electron chi connectivity index (χ4n) is 4.69. The van der Waals surface area contributed by atoms with Gasteiger partial charge in [0.15, 0.2) is 15.7 Å². The van der Waals surface area contributed by atoms with E-state index in [2.05, 4.69) is 14.8 Å². The van der Waals surface area contributed by atoms with E-state index in [1.54, 1.807) is 13.8 Å². The van der Waals surface area contributed by atoms with Gasteiger partial charge in [-0.2, -0.15) is 5.10 Å². The van der Waals surface area contributed by atoms with Crippen LogP contribution in [0.25, 0.3) is 0 Å². The van der Waals surface area contributed by atoms with Crippen molar-refractivity contribution in [2.45, 2.75) is 75.3 Å². The number of fused-ring (bicyclic) bond motifs is 3. The third-order valence-electron chi connectivity index (χ3n) is 6.45. The molecular formula is C20H25FN6O2S. The lowest BCUT2D eigenvalue weighted by Gasteiger charge is -2.16.